The highest BCUT2D eigenvalue weighted by Gasteiger charge is 2.33. The Morgan fingerprint density at radius 2 is 2.14 bits per heavy atom. The van der Waals surface area contributed by atoms with Crippen LogP contribution in [0.15, 0.2) is 18.2 Å². The molecule has 1 aliphatic rings. The van der Waals surface area contributed by atoms with E-state index in [1.165, 1.54) is 6.07 Å². The van der Waals surface area contributed by atoms with Crippen LogP contribution in [0.2, 0.25) is 0 Å². The largest absolute Gasteiger partial charge is 0.416 e. The molecule has 1 heterocycles. The molecule has 1 saturated heterocycles. The Kier molecular flexibility index (Phi) is 4.38. The monoisotopic (exact) mass is 303 g/mol. The van der Waals surface area contributed by atoms with Crippen molar-refractivity contribution in [2.45, 2.75) is 18.8 Å². The zero-order valence-corrected chi connectivity index (χ0v) is 11.2. The van der Waals surface area contributed by atoms with Crippen molar-refractivity contribution in [2.24, 2.45) is 11.5 Å². The number of nitrogens with two attached hydrogens (primary N) is 2. The van der Waals surface area contributed by atoms with Crippen molar-refractivity contribution in [3.63, 3.8) is 0 Å². The molecule has 0 radical (unpaired) electrons. The normalized spacial score (nSPS) is 19.6. The third-order valence-electron chi connectivity index (χ3n) is 3.39. The zero-order valence-electron chi connectivity index (χ0n) is 11.2. The zero-order chi connectivity index (χ0) is 15.6. The van der Waals surface area contributed by atoms with Crippen LogP contribution < -0.4 is 16.4 Å². The molecule has 1 aromatic carbocycles. The number of amides is 1. The van der Waals surface area contributed by atoms with Crippen LogP contribution in [0.1, 0.15) is 11.1 Å². The van der Waals surface area contributed by atoms with Gasteiger partial charge in [-0.3, -0.25) is 4.79 Å². The number of primary amides is 1. The molecule has 8 heteroatoms. The fourth-order valence-corrected chi connectivity index (χ4v) is 2.33. The van der Waals surface area contributed by atoms with Crippen molar-refractivity contribution in [1.29, 1.82) is 0 Å². The highest BCUT2D eigenvalue weighted by Crippen LogP contribution is 2.33. The van der Waals surface area contributed by atoms with Gasteiger partial charge in [0.15, 0.2) is 0 Å². The minimum absolute atomic E-state index is 0.0674. The maximum atomic E-state index is 12.7. The maximum absolute atomic E-state index is 12.7. The first-order chi connectivity index (χ1) is 9.84. The molecule has 1 aliphatic heterocycles. The molecule has 21 heavy (non-hydrogen) atoms. The van der Waals surface area contributed by atoms with Gasteiger partial charge in [-0.05, 0) is 23.8 Å². The highest BCUT2D eigenvalue weighted by atomic mass is 19.4. The number of halogens is 3. The molecule has 0 spiro atoms. The van der Waals surface area contributed by atoms with Gasteiger partial charge < -0.3 is 21.1 Å². The van der Waals surface area contributed by atoms with Gasteiger partial charge >= 0.3 is 6.18 Å². The van der Waals surface area contributed by atoms with Gasteiger partial charge in [0.25, 0.3) is 0 Å². The summed E-state index contributed by atoms with van der Waals surface area (Å²) in [6, 6.07) is 2.60. The summed E-state index contributed by atoms with van der Waals surface area (Å²) in [5, 5.41) is 0. The number of alkyl halides is 3. The summed E-state index contributed by atoms with van der Waals surface area (Å²) in [5.74, 6) is -0.586. The standard InChI is InChI=1S/C13H16F3N3O2/c14-13(15,16)9-1-2-10(8(5-9)6-17)19-3-4-21-7-11(19)12(18)20/h1-2,5,11H,3-4,6-7,17H2,(H2,18,20). The predicted molar refractivity (Wildman–Crippen MR) is 70.5 cm³/mol. The van der Waals surface area contributed by atoms with E-state index in [2.05, 4.69) is 0 Å². The van der Waals surface area contributed by atoms with Crippen molar-refractivity contribution in [3.05, 3.63) is 29.3 Å². The van der Waals surface area contributed by atoms with E-state index < -0.39 is 23.7 Å². The lowest BCUT2D eigenvalue weighted by atomic mass is 10.0. The molecular weight excluding hydrogens is 287 g/mol. The summed E-state index contributed by atoms with van der Waals surface area (Å²) < 4.78 is 43.4. The van der Waals surface area contributed by atoms with Crippen LogP contribution in [-0.2, 0) is 22.3 Å². The third kappa shape index (κ3) is 3.27. The molecule has 116 valence electrons. The van der Waals surface area contributed by atoms with Crippen LogP contribution in [0.3, 0.4) is 0 Å². The van der Waals surface area contributed by atoms with E-state index >= 15 is 0 Å². The van der Waals surface area contributed by atoms with Crippen LogP contribution in [0.5, 0.6) is 0 Å². The molecule has 4 N–H and O–H groups in total. The fraction of sp³-hybridized carbons (Fsp3) is 0.462. The van der Waals surface area contributed by atoms with Crippen molar-refractivity contribution < 1.29 is 22.7 Å². The number of carbonyl (C=O) groups excluding carboxylic acids is 1. The van der Waals surface area contributed by atoms with Gasteiger partial charge in [0, 0.05) is 18.8 Å². The van der Waals surface area contributed by atoms with E-state index in [-0.39, 0.29) is 13.2 Å². The summed E-state index contributed by atoms with van der Waals surface area (Å²) >= 11 is 0. The number of benzene rings is 1. The molecule has 1 atom stereocenters. The highest BCUT2D eigenvalue weighted by molar-refractivity contribution is 5.84. The Morgan fingerprint density at radius 1 is 1.43 bits per heavy atom. The van der Waals surface area contributed by atoms with Crippen LogP contribution >= 0.6 is 0 Å². The van der Waals surface area contributed by atoms with Crippen LogP contribution in [-0.4, -0.2) is 31.7 Å². The Balaban J connectivity index is 2.40. The first-order valence-corrected chi connectivity index (χ1v) is 6.38. The average molecular weight is 303 g/mol. The van der Waals surface area contributed by atoms with Gasteiger partial charge in [-0.15, -0.1) is 0 Å². The second-order valence-electron chi connectivity index (χ2n) is 4.73. The molecule has 1 fully saturated rings. The summed E-state index contributed by atoms with van der Waals surface area (Å²) in [5.41, 5.74) is 10.9. The quantitative estimate of drug-likeness (QED) is 0.867. The van der Waals surface area contributed by atoms with Crippen LogP contribution in [0, 0.1) is 0 Å². The SMILES string of the molecule is NCc1cc(C(F)(F)F)ccc1N1CCOCC1C(N)=O. The number of anilines is 1. The van der Waals surface area contributed by atoms with E-state index in [4.69, 9.17) is 16.2 Å². The van der Waals surface area contributed by atoms with Gasteiger partial charge in [-0.25, -0.2) is 0 Å². The van der Waals surface area contributed by atoms with Crippen molar-refractivity contribution in [2.75, 3.05) is 24.7 Å². The van der Waals surface area contributed by atoms with E-state index in [0.29, 0.717) is 24.4 Å². The summed E-state index contributed by atoms with van der Waals surface area (Å²) in [4.78, 5) is 13.1. The number of morpholine rings is 1. The van der Waals surface area contributed by atoms with E-state index in [9.17, 15) is 18.0 Å². The average Bonchev–Trinajstić information content (AvgIpc) is 2.45. The van der Waals surface area contributed by atoms with E-state index in [1.807, 2.05) is 0 Å². The second kappa shape index (κ2) is 5.90. The molecule has 2 rings (SSSR count). The van der Waals surface area contributed by atoms with Crippen LogP contribution in [0.4, 0.5) is 18.9 Å². The molecule has 5 nitrogen and oxygen atoms in total. The molecular formula is C13H16F3N3O2. The number of hydrogen-bond donors (Lipinski definition) is 2. The molecule has 1 aromatic rings. The van der Waals surface area contributed by atoms with E-state index in [1.54, 1.807) is 4.90 Å². The predicted octanol–water partition coefficient (Wildman–Crippen LogP) is 0.855. The lowest BCUT2D eigenvalue weighted by Crippen LogP contribution is -2.53. The molecule has 0 aliphatic carbocycles. The summed E-state index contributed by atoms with van der Waals surface area (Å²) in [6.45, 7) is 0.781. The number of ether oxygens (including phenoxy) is 1. The second-order valence-corrected chi connectivity index (χ2v) is 4.73. The van der Waals surface area contributed by atoms with Crippen LogP contribution in [0.25, 0.3) is 0 Å². The first-order valence-electron chi connectivity index (χ1n) is 6.38. The molecule has 0 saturated carbocycles. The minimum Gasteiger partial charge on any atom is -0.377 e. The Morgan fingerprint density at radius 3 is 2.71 bits per heavy atom. The number of nitrogens with zero attached hydrogens (tertiary/aromatic N) is 1. The van der Waals surface area contributed by atoms with Crippen molar-refractivity contribution in [3.8, 4) is 0 Å². The van der Waals surface area contributed by atoms with Gasteiger partial charge in [0.1, 0.15) is 6.04 Å². The number of rotatable bonds is 3. The first kappa shape index (κ1) is 15.6. The smallest absolute Gasteiger partial charge is 0.377 e. The van der Waals surface area contributed by atoms with Gasteiger partial charge in [-0.2, -0.15) is 13.2 Å². The van der Waals surface area contributed by atoms with Crippen molar-refractivity contribution >= 4 is 11.6 Å². The molecule has 1 unspecified atom stereocenters. The minimum atomic E-state index is -4.43. The van der Waals surface area contributed by atoms with Gasteiger partial charge in [-0.1, -0.05) is 0 Å². The Hall–Kier alpha value is -1.80. The maximum Gasteiger partial charge on any atom is 0.416 e. The number of carbonyl (C=O) groups is 1. The third-order valence-corrected chi connectivity index (χ3v) is 3.39. The van der Waals surface area contributed by atoms with Crippen molar-refractivity contribution in [1.82, 2.24) is 0 Å². The molecule has 1 amide bonds. The number of hydrogen-bond acceptors (Lipinski definition) is 4. The topological polar surface area (TPSA) is 81.6 Å². The molecule has 0 aromatic heterocycles. The lowest BCUT2D eigenvalue weighted by Gasteiger charge is -2.36. The summed E-state index contributed by atoms with van der Waals surface area (Å²) in [6.07, 6.45) is -4.43. The van der Waals surface area contributed by atoms with Gasteiger partial charge in [0.05, 0.1) is 18.8 Å². The Labute approximate surface area is 119 Å². The molecule has 0 bridgehead atoms. The lowest BCUT2D eigenvalue weighted by molar-refractivity contribution is -0.137. The van der Waals surface area contributed by atoms with Gasteiger partial charge in [0.2, 0.25) is 5.91 Å². The fourth-order valence-electron chi connectivity index (χ4n) is 2.33. The summed E-state index contributed by atoms with van der Waals surface area (Å²) in [7, 11) is 0. The Bertz CT molecular complexity index is 534. The van der Waals surface area contributed by atoms with E-state index in [0.717, 1.165) is 12.1 Å².